The third kappa shape index (κ3) is 2.45. The fourth-order valence-corrected chi connectivity index (χ4v) is 2.64. The highest BCUT2D eigenvalue weighted by Crippen LogP contribution is 2.31. The van der Waals surface area contributed by atoms with Crippen molar-refractivity contribution in [2.75, 3.05) is 19.7 Å². The van der Waals surface area contributed by atoms with Gasteiger partial charge in [0.15, 0.2) is 0 Å². The van der Waals surface area contributed by atoms with E-state index in [-0.39, 0.29) is 29.9 Å². The number of fused-ring (bicyclic) bond motifs is 1. The molecule has 0 N–H and O–H groups in total. The van der Waals surface area contributed by atoms with Gasteiger partial charge in [0.1, 0.15) is 5.69 Å². The van der Waals surface area contributed by atoms with Crippen molar-refractivity contribution in [2.24, 2.45) is 11.8 Å². The van der Waals surface area contributed by atoms with Crippen molar-refractivity contribution in [2.45, 2.75) is 6.18 Å². The van der Waals surface area contributed by atoms with Crippen LogP contribution < -0.4 is 0 Å². The summed E-state index contributed by atoms with van der Waals surface area (Å²) >= 11 is 0. The summed E-state index contributed by atoms with van der Waals surface area (Å²) in [5.41, 5.74) is -0.961. The molecule has 2 aliphatic rings. The molecule has 1 amide bonds. The highest BCUT2D eigenvalue weighted by Gasteiger charge is 2.45. The predicted octanol–water partition coefficient (Wildman–Crippen LogP) is 1.35. The molecule has 21 heavy (non-hydrogen) atoms. The van der Waals surface area contributed by atoms with Crippen molar-refractivity contribution in [3.05, 3.63) is 29.6 Å². The number of nitrogens with zero attached hydrogens (tertiary/aromatic N) is 2. The molecule has 5 nitrogen and oxygen atoms in total. The first-order valence-electron chi connectivity index (χ1n) is 6.35. The van der Waals surface area contributed by atoms with Crippen molar-refractivity contribution >= 4 is 11.9 Å². The van der Waals surface area contributed by atoms with E-state index in [0.29, 0.717) is 13.2 Å². The van der Waals surface area contributed by atoms with E-state index in [9.17, 15) is 22.8 Å². The summed E-state index contributed by atoms with van der Waals surface area (Å²) in [4.78, 5) is 28.3. The van der Waals surface area contributed by atoms with Crippen LogP contribution in [0.15, 0.2) is 18.3 Å². The van der Waals surface area contributed by atoms with E-state index in [4.69, 9.17) is 4.74 Å². The lowest BCUT2D eigenvalue weighted by Crippen LogP contribution is -2.31. The average molecular weight is 300 g/mol. The number of carbonyl (C=O) groups is 2. The zero-order valence-electron chi connectivity index (χ0n) is 10.8. The number of alkyl halides is 3. The molecule has 0 aliphatic carbocycles. The van der Waals surface area contributed by atoms with Gasteiger partial charge in [0.2, 0.25) is 0 Å². The zero-order chi connectivity index (χ0) is 15.2. The molecule has 2 atom stereocenters. The third-order valence-corrected chi connectivity index (χ3v) is 3.77. The van der Waals surface area contributed by atoms with E-state index in [1.165, 1.54) is 4.90 Å². The number of ether oxygens (including phenoxy) is 1. The molecule has 112 valence electrons. The lowest BCUT2D eigenvalue weighted by atomic mass is 10.0. The number of hydrogen-bond acceptors (Lipinski definition) is 4. The summed E-state index contributed by atoms with van der Waals surface area (Å²) < 4.78 is 42.1. The standard InChI is InChI=1S/C13H11F3N2O3/c14-13(15,16)10-2-1-7(3-17-10)11(19)18-4-8-6-21-12(20)9(8)5-18/h1-3,8-9H,4-6H2/t8-,9-/m1/s1. The summed E-state index contributed by atoms with van der Waals surface area (Å²) in [5, 5.41) is 0. The van der Waals surface area contributed by atoms with Crippen LogP contribution in [0.3, 0.4) is 0 Å². The van der Waals surface area contributed by atoms with Gasteiger partial charge < -0.3 is 9.64 Å². The maximum atomic E-state index is 12.4. The molecule has 2 aliphatic heterocycles. The second-order valence-electron chi connectivity index (χ2n) is 5.14. The highest BCUT2D eigenvalue weighted by atomic mass is 19.4. The van der Waals surface area contributed by atoms with Crippen molar-refractivity contribution in [1.82, 2.24) is 9.88 Å². The van der Waals surface area contributed by atoms with Gasteiger partial charge in [-0.15, -0.1) is 0 Å². The monoisotopic (exact) mass is 300 g/mol. The summed E-state index contributed by atoms with van der Waals surface area (Å²) in [7, 11) is 0. The minimum atomic E-state index is -4.53. The second-order valence-corrected chi connectivity index (χ2v) is 5.14. The minimum Gasteiger partial charge on any atom is -0.465 e. The first-order chi connectivity index (χ1) is 9.86. The Morgan fingerprint density at radius 2 is 2.10 bits per heavy atom. The lowest BCUT2D eigenvalue weighted by Gasteiger charge is -2.17. The molecule has 0 radical (unpaired) electrons. The smallest absolute Gasteiger partial charge is 0.433 e. The predicted molar refractivity (Wildman–Crippen MR) is 63.1 cm³/mol. The molecular formula is C13H11F3N2O3. The molecule has 8 heteroatoms. The number of hydrogen-bond donors (Lipinski definition) is 0. The lowest BCUT2D eigenvalue weighted by molar-refractivity contribution is -0.142. The van der Waals surface area contributed by atoms with Crippen LogP contribution in [0.1, 0.15) is 16.1 Å². The summed E-state index contributed by atoms with van der Waals surface area (Å²) in [6.45, 7) is 0.901. The van der Waals surface area contributed by atoms with Crippen molar-refractivity contribution in [3.8, 4) is 0 Å². The van der Waals surface area contributed by atoms with Gasteiger partial charge in [-0.3, -0.25) is 14.6 Å². The topological polar surface area (TPSA) is 59.5 Å². The van der Waals surface area contributed by atoms with Crippen LogP contribution in [0.4, 0.5) is 13.2 Å². The van der Waals surface area contributed by atoms with Crippen molar-refractivity contribution in [3.63, 3.8) is 0 Å². The Balaban J connectivity index is 1.73. The molecule has 3 rings (SSSR count). The van der Waals surface area contributed by atoms with Crippen LogP contribution in [-0.2, 0) is 15.7 Å². The summed E-state index contributed by atoms with van der Waals surface area (Å²) in [5.74, 6) is -1.08. The maximum Gasteiger partial charge on any atom is 0.433 e. The van der Waals surface area contributed by atoms with E-state index in [0.717, 1.165) is 18.3 Å². The largest absolute Gasteiger partial charge is 0.465 e. The maximum absolute atomic E-state index is 12.4. The Hall–Kier alpha value is -2.12. The SMILES string of the molecule is O=C1OC[C@H]2CN(C(=O)c3ccc(C(F)(F)F)nc3)C[C@@H]12. The van der Waals surface area contributed by atoms with E-state index in [1.807, 2.05) is 0 Å². The molecule has 0 aromatic carbocycles. The van der Waals surface area contributed by atoms with Gasteiger partial charge in [-0.25, -0.2) is 0 Å². The Kier molecular flexibility index (Phi) is 3.11. The number of cyclic esters (lactones) is 1. The number of carbonyl (C=O) groups excluding carboxylic acids is 2. The first kappa shape index (κ1) is 13.8. The van der Waals surface area contributed by atoms with Gasteiger partial charge in [-0.1, -0.05) is 0 Å². The second kappa shape index (κ2) is 4.71. The fraction of sp³-hybridized carbons (Fsp3) is 0.462. The van der Waals surface area contributed by atoms with Crippen LogP contribution in [0, 0.1) is 11.8 Å². The Labute approximate surface area is 117 Å². The van der Waals surface area contributed by atoms with E-state index >= 15 is 0 Å². The molecule has 2 fully saturated rings. The van der Waals surface area contributed by atoms with Crippen LogP contribution in [-0.4, -0.2) is 41.5 Å². The Morgan fingerprint density at radius 3 is 2.67 bits per heavy atom. The average Bonchev–Trinajstić information content (AvgIpc) is 3.00. The van der Waals surface area contributed by atoms with Crippen LogP contribution in [0.25, 0.3) is 0 Å². The van der Waals surface area contributed by atoms with Gasteiger partial charge in [0.05, 0.1) is 18.1 Å². The molecule has 0 saturated carbocycles. The Morgan fingerprint density at radius 1 is 1.33 bits per heavy atom. The van der Waals surface area contributed by atoms with E-state index in [2.05, 4.69) is 4.98 Å². The fourth-order valence-electron chi connectivity index (χ4n) is 2.64. The quantitative estimate of drug-likeness (QED) is 0.735. The van der Waals surface area contributed by atoms with Crippen LogP contribution in [0.5, 0.6) is 0 Å². The summed E-state index contributed by atoms with van der Waals surface area (Å²) in [6.07, 6.45) is -3.62. The van der Waals surface area contributed by atoms with Crippen molar-refractivity contribution in [1.29, 1.82) is 0 Å². The number of amides is 1. The summed E-state index contributed by atoms with van der Waals surface area (Å²) in [6, 6.07) is 1.88. The highest BCUT2D eigenvalue weighted by molar-refractivity contribution is 5.94. The van der Waals surface area contributed by atoms with E-state index < -0.39 is 17.8 Å². The Bertz CT molecular complexity index is 585. The molecule has 0 spiro atoms. The van der Waals surface area contributed by atoms with Gasteiger partial charge >= 0.3 is 12.1 Å². The number of aromatic nitrogens is 1. The number of likely N-dealkylation sites (tertiary alicyclic amines) is 1. The van der Waals surface area contributed by atoms with E-state index in [1.54, 1.807) is 0 Å². The third-order valence-electron chi connectivity index (χ3n) is 3.77. The normalized spacial score (nSPS) is 24.9. The number of esters is 1. The number of rotatable bonds is 1. The first-order valence-corrected chi connectivity index (χ1v) is 6.35. The number of pyridine rings is 1. The molecule has 1 aromatic rings. The van der Waals surface area contributed by atoms with Gasteiger partial charge in [-0.2, -0.15) is 13.2 Å². The number of halogens is 3. The molecule has 1 aromatic heterocycles. The molecule has 0 bridgehead atoms. The molecular weight excluding hydrogens is 289 g/mol. The van der Waals surface area contributed by atoms with Crippen molar-refractivity contribution < 1.29 is 27.5 Å². The van der Waals surface area contributed by atoms with Gasteiger partial charge in [-0.05, 0) is 12.1 Å². The van der Waals surface area contributed by atoms with Gasteiger partial charge in [0.25, 0.3) is 5.91 Å². The molecule has 2 saturated heterocycles. The van der Waals surface area contributed by atoms with Crippen LogP contribution in [0.2, 0.25) is 0 Å². The molecule has 0 unspecified atom stereocenters. The minimum absolute atomic E-state index is 0.0242. The van der Waals surface area contributed by atoms with Crippen LogP contribution >= 0.6 is 0 Å². The zero-order valence-corrected chi connectivity index (χ0v) is 10.8. The molecule has 3 heterocycles. The van der Waals surface area contributed by atoms with Gasteiger partial charge in [0, 0.05) is 25.2 Å².